The zero-order chi connectivity index (χ0) is 10.9. The molecule has 0 aromatic carbocycles. The fraction of sp³-hybridized carbons (Fsp3) is 0.625. The lowest BCUT2D eigenvalue weighted by atomic mass is 10.3. The number of aryl methyl sites for hydroxylation is 2. The van der Waals surface area contributed by atoms with E-state index >= 15 is 0 Å². The summed E-state index contributed by atoms with van der Waals surface area (Å²) in [6.07, 6.45) is 0. The summed E-state index contributed by atoms with van der Waals surface area (Å²) in [5.41, 5.74) is 0.991. The summed E-state index contributed by atoms with van der Waals surface area (Å²) in [5.74, 6) is 0.478. The third kappa shape index (κ3) is 2.06. The van der Waals surface area contributed by atoms with Crippen molar-refractivity contribution in [1.82, 2.24) is 5.16 Å². The fourth-order valence-corrected chi connectivity index (χ4v) is 1.70. The second-order valence-corrected chi connectivity index (χ2v) is 5.63. The first-order chi connectivity index (χ1) is 6.34. The molecule has 1 aromatic heterocycles. The monoisotopic (exact) mass is 218 g/mol. The van der Waals surface area contributed by atoms with Crippen molar-refractivity contribution in [2.75, 3.05) is 4.72 Å². The van der Waals surface area contributed by atoms with Crippen LogP contribution in [0.5, 0.6) is 0 Å². The van der Waals surface area contributed by atoms with Crippen LogP contribution >= 0.6 is 0 Å². The van der Waals surface area contributed by atoms with Gasteiger partial charge in [-0.15, -0.1) is 0 Å². The summed E-state index contributed by atoms with van der Waals surface area (Å²) in [6, 6.07) is 0. The Morgan fingerprint density at radius 1 is 1.36 bits per heavy atom. The van der Waals surface area contributed by atoms with Gasteiger partial charge in [0.25, 0.3) is 0 Å². The van der Waals surface area contributed by atoms with Gasteiger partial charge in [-0.25, -0.2) is 8.42 Å². The normalized spacial score (nSPS) is 12.1. The average Bonchev–Trinajstić information content (AvgIpc) is 2.35. The zero-order valence-corrected chi connectivity index (χ0v) is 9.47. The van der Waals surface area contributed by atoms with E-state index in [0.717, 1.165) is 0 Å². The van der Waals surface area contributed by atoms with Crippen LogP contribution in [0, 0.1) is 13.8 Å². The van der Waals surface area contributed by atoms with Gasteiger partial charge in [-0.2, -0.15) is 0 Å². The minimum Gasteiger partial charge on any atom is -0.359 e. The van der Waals surface area contributed by atoms with Crippen LogP contribution in [-0.4, -0.2) is 18.8 Å². The molecule has 0 bridgehead atoms. The van der Waals surface area contributed by atoms with E-state index in [2.05, 4.69) is 9.88 Å². The van der Waals surface area contributed by atoms with Crippen molar-refractivity contribution in [2.45, 2.75) is 32.9 Å². The summed E-state index contributed by atoms with van der Waals surface area (Å²) >= 11 is 0. The summed E-state index contributed by atoms with van der Waals surface area (Å²) in [4.78, 5) is 0. The lowest BCUT2D eigenvalue weighted by Crippen LogP contribution is -2.22. The predicted octanol–water partition coefficient (Wildman–Crippen LogP) is 1.44. The van der Waals surface area contributed by atoms with Gasteiger partial charge in [-0.05, 0) is 27.7 Å². The van der Waals surface area contributed by atoms with E-state index in [1.54, 1.807) is 27.7 Å². The summed E-state index contributed by atoms with van der Waals surface area (Å²) in [7, 11) is -3.32. The van der Waals surface area contributed by atoms with Gasteiger partial charge >= 0.3 is 0 Å². The van der Waals surface area contributed by atoms with Gasteiger partial charge in [0.05, 0.1) is 5.25 Å². The number of hydrogen-bond donors (Lipinski definition) is 1. The Balaban J connectivity index is 3.01. The number of aromatic nitrogens is 1. The Labute approximate surface area is 83.5 Å². The Morgan fingerprint density at radius 2 is 1.93 bits per heavy atom. The molecule has 14 heavy (non-hydrogen) atoms. The molecule has 0 aliphatic heterocycles. The third-order valence-corrected chi connectivity index (χ3v) is 3.63. The van der Waals surface area contributed by atoms with Crippen molar-refractivity contribution < 1.29 is 12.9 Å². The molecule has 0 aliphatic rings. The fourth-order valence-electron chi connectivity index (χ4n) is 0.889. The first-order valence-corrected chi connectivity index (χ1v) is 5.83. The smallest absolute Gasteiger partial charge is 0.235 e. The standard InChI is InChI=1S/C8H14N2O3S/c1-5(2)14(11,12)10-8-6(3)9-13-7(8)4/h5,10H,1-4H3. The second kappa shape index (κ2) is 3.61. The molecule has 1 N–H and O–H groups in total. The molecular formula is C8H14N2O3S. The molecule has 1 aromatic rings. The first-order valence-electron chi connectivity index (χ1n) is 4.29. The van der Waals surface area contributed by atoms with Gasteiger partial charge in [0, 0.05) is 0 Å². The highest BCUT2D eigenvalue weighted by molar-refractivity contribution is 7.93. The molecule has 0 saturated carbocycles. The number of hydrogen-bond acceptors (Lipinski definition) is 4. The van der Waals surface area contributed by atoms with Crippen molar-refractivity contribution >= 4 is 15.7 Å². The number of anilines is 1. The van der Waals surface area contributed by atoms with E-state index in [0.29, 0.717) is 17.1 Å². The largest absolute Gasteiger partial charge is 0.359 e. The van der Waals surface area contributed by atoms with E-state index < -0.39 is 15.3 Å². The van der Waals surface area contributed by atoms with Gasteiger partial charge < -0.3 is 4.52 Å². The highest BCUT2D eigenvalue weighted by Gasteiger charge is 2.19. The molecule has 5 nitrogen and oxygen atoms in total. The van der Waals surface area contributed by atoms with Crippen LogP contribution in [0.2, 0.25) is 0 Å². The molecule has 80 valence electrons. The van der Waals surface area contributed by atoms with Gasteiger partial charge in [0.1, 0.15) is 11.4 Å². The van der Waals surface area contributed by atoms with Crippen molar-refractivity contribution in [2.24, 2.45) is 0 Å². The molecule has 0 atom stereocenters. The van der Waals surface area contributed by atoms with Crippen molar-refractivity contribution in [3.63, 3.8) is 0 Å². The van der Waals surface area contributed by atoms with Crippen molar-refractivity contribution in [3.8, 4) is 0 Å². The predicted molar refractivity (Wildman–Crippen MR) is 53.7 cm³/mol. The molecule has 1 rings (SSSR count). The second-order valence-electron chi connectivity index (χ2n) is 3.39. The zero-order valence-electron chi connectivity index (χ0n) is 8.66. The van der Waals surface area contributed by atoms with Gasteiger partial charge in [0.15, 0.2) is 5.76 Å². The molecule has 1 heterocycles. The summed E-state index contributed by atoms with van der Waals surface area (Å²) in [5, 5.41) is 3.18. The topological polar surface area (TPSA) is 72.2 Å². The maximum Gasteiger partial charge on any atom is 0.235 e. The van der Waals surface area contributed by atoms with E-state index in [4.69, 9.17) is 4.52 Å². The molecule has 0 aliphatic carbocycles. The van der Waals surface area contributed by atoms with Crippen LogP contribution in [0.1, 0.15) is 25.3 Å². The number of nitrogens with one attached hydrogen (secondary N) is 1. The van der Waals surface area contributed by atoms with Gasteiger partial charge in [-0.3, -0.25) is 4.72 Å². The molecule has 0 saturated heterocycles. The van der Waals surface area contributed by atoms with Gasteiger partial charge in [-0.1, -0.05) is 5.16 Å². The quantitative estimate of drug-likeness (QED) is 0.833. The highest BCUT2D eigenvalue weighted by Crippen LogP contribution is 2.20. The number of rotatable bonds is 3. The molecule has 0 amide bonds. The Hall–Kier alpha value is -1.04. The Kier molecular flexibility index (Phi) is 2.84. The average molecular weight is 218 g/mol. The Morgan fingerprint density at radius 3 is 2.29 bits per heavy atom. The molecule has 0 fully saturated rings. The van der Waals surface area contributed by atoms with E-state index in [9.17, 15) is 8.42 Å². The maximum absolute atomic E-state index is 11.5. The maximum atomic E-state index is 11.5. The molecule has 6 heteroatoms. The van der Waals surface area contributed by atoms with Crippen LogP contribution in [0.4, 0.5) is 5.69 Å². The minimum absolute atomic E-state index is 0.443. The van der Waals surface area contributed by atoms with Crippen LogP contribution in [0.3, 0.4) is 0 Å². The SMILES string of the molecule is Cc1noc(C)c1NS(=O)(=O)C(C)C. The van der Waals surface area contributed by atoms with Crippen LogP contribution < -0.4 is 4.72 Å². The van der Waals surface area contributed by atoms with Gasteiger partial charge in [0.2, 0.25) is 10.0 Å². The number of sulfonamides is 1. The Bertz CT molecular complexity index is 400. The van der Waals surface area contributed by atoms with Crippen molar-refractivity contribution in [3.05, 3.63) is 11.5 Å². The van der Waals surface area contributed by atoms with Crippen molar-refractivity contribution in [1.29, 1.82) is 0 Å². The summed E-state index contributed by atoms with van der Waals surface area (Å²) in [6.45, 7) is 6.58. The third-order valence-electron chi connectivity index (χ3n) is 1.90. The highest BCUT2D eigenvalue weighted by atomic mass is 32.2. The van der Waals surface area contributed by atoms with E-state index in [1.165, 1.54) is 0 Å². The molecule has 0 radical (unpaired) electrons. The molecule has 0 spiro atoms. The van der Waals surface area contributed by atoms with E-state index in [-0.39, 0.29) is 0 Å². The lowest BCUT2D eigenvalue weighted by molar-refractivity contribution is 0.393. The van der Waals surface area contributed by atoms with Crippen LogP contribution in [0.25, 0.3) is 0 Å². The number of nitrogens with zero attached hydrogens (tertiary/aromatic N) is 1. The lowest BCUT2D eigenvalue weighted by Gasteiger charge is -2.09. The van der Waals surface area contributed by atoms with Crippen LogP contribution in [0.15, 0.2) is 4.52 Å². The van der Waals surface area contributed by atoms with E-state index in [1.807, 2.05) is 0 Å². The molecule has 0 unspecified atom stereocenters. The first kappa shape index (κ1) is 11.0. The molecular weight excluding hydrogens is 204 g/mol. The minimum atomic E-state index is -3.32. The summed E-state index contributed by atoms with van der Waals surface area (Å²) < 4.78 is 30.3. The van der Waals surface area contributed by atoms with Crippen LogP contribution in [-0.2, 0) is 10.0 Å².